The molecule has 0 aliphatic heterocycles. The first-order chi connectivity index (χ1) is 8.75. The van der Waals surface area contributed by atoms with Crippen LogP contribution in [0.15, 0.2) is 29.1 Å². The highest BCUT2D eigenvalue weighted by Crippen LogP contribution is 2.33. The molecule has 2 aromatic heterocycles. The van der Waals surface area contributed by atoms with Crippen molar-refractivity contribution in [2.75, 3.05) is 5.32 Å². The maximum absolute atomic E-state index is 4.36. The highest BCUT2D eigenvalue weighted by atomic mass is 79.9. The third-order valence-electron chi connectivity index (χ3n) is 3.46. The number of aromatic nitrogens is 3. The number of halogens is 1. The molecule has 1 N–H and O–H groups in total. The van der Waals surface area contributed by atoms with E-state index in [4.69, 9.17) is 0 Å². The first-order valence-corrected chi connectivity index (χ1v) is 6.93. The zero-order chi connectivity index (χ0) is 12.5. The number of rotatable bonds is 2. The predicted molar refractivity (Wildman–Crippen MR) is 74.4 cm³/mol. The summed E-state index contributed by atoms with van der Waals surface area (Å²) in [4.78, 5) is 4.24. The monoisotopic (exact) mass is 306 g/mol. The molecule has 0 amide bonds. The fourth-order valence-electron chi connectivity index (χ4n) is 2.54. The third-order valence-corrected chi connectivity index (χ3v) is 4.10. The minimum atomic E-state index is 0.336. The molecule has 0 saturated heterocycles. The van der Waals surface area contributed by atoms with Crippen LogP contribution in [0.5, 0.6) is 0 Å². The lowest BCUT2D eigenvalue weighted by Crippen LogP contribution is -2.18. The number of nitrogens with zero attached hydrogens (tertiary/aromatic N) is 3. The topological polar surface area (TPSA) is 42.7 Å². The summed E-state index contributed by atoms with van der Waals surface area (Å²) in [6.07, 6.45) is 7.22. The minimum Gasteiger partial charge on any atom is -0.376 e. The molecule has 0 radical (unpaired) electrons. The molecule has 4 nitrogen and oxygen atoms in total. The average molecular weight is 307 g/mol. The van der Waals surface area contributed by atoms with Crippen LogP contribution in [0.25, 0.3) is 0 Å². The Hall–Kier alpha value is -1.36. The van der Waals surface area contributed by atoms with E-state index < -0.39 is 0 Å². The summed E-state index contributed by atoms with van der Waals surface area (Å²) in [6.45, 7) is 0. The summed E-state index contributed by atoms with van der Waals surface area (Å²) in [5.41, 5.74) is 3.71. The predicted octanol–water partition coefficient (Wildman–Crippen LogP) is 3.07. The molecule has 2 heterocycles. The maximum Gasteiger partial charge on any atom is 0.129 e. The number of hydrogen-bond donors (Lipinski definition) is 1. The third kappa shape index (κ3) is 2.03. The Bertz CT molecular complexity index is 564. The second-order valence-corrected chi connectivity index (χ2v) is 5.35. The van der Waals surface area contributed by atoms with Gasteiger partial charge in [0, 0.05) is 24.5 Å². The highest BCUT2D eigenvalue weighted by molar-refractivity contribution is 9.10. The van der Waals surface area contributed by atoms with Gasteiger partial charge < -0.3 is 5.32 Å². The fourth-order valence-corrected chi connectivity index (χ4v) is 2.90. The van der Waals surface area contributed by atoms with Crippen molar-refractivity contribution < 1.29 is 0 Å². The van der Waals surface area contributed by atoms with Crippen LogP contribution < -0.4 is 5.32 Å². The van der Waals surface area contributed by atoms with Crippen molar-refractivity contribution in [3.8, 4) is 0 Å². The van der Waals surface area contributed by atoms with Crippen molar-refractivity contribution >= 4 is 21.6 Å². The smallest absolute Gasteiger partial charge is 0.129 e. The number of anilines is 1. The average Bonchev–Trinajstić information content (AvgIpc) is 2.76. The lowest BCUT2D eigenvalue weighted by atomic mass is 9.93. The van der Waals surface area contributed by atoms with Crippen LogP contribution in [-0.4, -0.2) is 14.8 Å². The Labute approximate surface area is 115 Å². The molecule has 1 atom stereocenters. The lowest BCUT2D eigenvalue weighted by molar-refractivity contribution is 0.571. The molecule has 0 bridgehead atoms. The van der Waals surface area contributed by atoms with E-state index in [0.29, 0.717) is 6.04 Å². The standard InChI is InChI=1S/C13H15BrN4/c1-18-12-6-2-4-10(9(12)8-16-18)17-11-5-3-7-15-13(11)14/h3,5,7-8,10,17H,2,4,6H2,1H3. The fraction of sp³-hybridized carbons (Fsp3) is 0.385. The van der Waals surface area contributed by atoms with E-state index in [2.05, 4.69) is 31.3 Å². The molecule has 0 fully saturated rings. The van der Waals surface area contributed by atoms with E-state index in [1.54, 1.807) is 6.20 Å². The molecule has 3 rings (SSSR count). The Balaban J connectivity index is 1.89. The van der Waals surface area contributed by atoms with Crippen molar-refractivity contribution in [1.82, 2.24) is 14.8 Å². The van der Waals surface area contributed by atoms with Gasteiger partial charge in [-0.3, -0.25) is 4.68 Å². The number of pyridine rings is 1. The van der Waals surface area contributed by atoms with Crippen LogP contribution in [0.2, 0.25) is 0 Å². The number of fused-ring (bicyclic) bond motifs is 1. The molecule has 1 aliphatic rings. The van der Waals surface area contributed by atoms with Gasteiger partial charge >= 0.3 is 0 Å². The second kappa shape index (κ2) is 4.72. The van der Waals surface area contributed by atoms with E-state index in [1.165, 1.54) is 17.7 Å². The zero-order valence-electron chi connectivity index (χ0n) is 10.2. The summed E-state index contributed by atoms with van der Waals surface area (Å²) < 4.78 is 2.85. The van der Waals surface area contributed by atoms with Gasteiger partial charge in [0.05, 0.1) is 17.9 Å². The Morgan fingerprint density at radius 3 is 3.22 bits per heavy atom. The number of nitrogens with one attached hydrogen (secondary N) is 1. The van der Waals surface area contributed by atoms with Crippen molar-refractivity contribution in [2.24, 2.45) is 7.05 Å². The molecule has 2 aromatic rings. The molecule has 94 valence electrons. The van der Waals surface area contributed by atoms with Gasteiger partial charge in [-0.1, -0.05) is 0 Å². The van der Waals surface area contributed by atoms with Gasteiger partial charge in [-0.05, 0) is 47.3 Å². The lowest BCUT2D eigenvalue weighted by Gasteiger charge is -2.25. The van der Waals surface area contributed by atoms with Crippen LogP contribution in [0.1, 0.15) is 30.1 Å². The summed E-state index contributed by atoms with van der Waals surface area (Å²) in [6, 6.07) is 4.32. The van der Waals surface area contributed by atoms with Crippen LogP contribution in [0, 0.1) is 0 Å². The van der Waals surface area contributed by atoms with Crippen molar-refractivity contribution in [3.63, 3.8) is 0 Å². The Kier molecular flexibility index (Phi) is 3.07. The van der Waals surface area contributed by atoms with Gasteiger partial charge in [-0.15, -0.1) is 0 Å². The quantitative estimate of drug-likeness (QED) is 0.867. The van der Waals surface area contributed by atoms with E-state index in [-0.39, 0.29) is 0 Å². The number of hydrogen-bond acceptors (Lipinski definition) is 3. The first-order valence-electron chi connectivity index (χ1n) is 6.13. The molecule has 0 spiro atoms. The molecular weight excluding hydrogens is 292 g/mol. The molecule has 0 saturated carbocycles. The maximum atomic E-state index is 4.36. The van der Waals surface area contributed by atoms with Crippen LogP contribution in [0.4, 0.5) is 5.69 Å². The van der Waals surface area contributed by atoms with Crippen molar-refractivity contribution in [2.45, 2.75) is 25.3 Å². The van der Waals surface area contributed by atoms with E-state index in [1.807, 2.05) is 30.1 Å². The van der Waals surface area contributed by atoms with Gasteiger partial charge in [0.1, 0.15) is 4.60 Å². The van der Waals surface area contributed by atoms with Gasteiger partial charge in [0.2, 0.25) is 0 Å². The summed E-state index contributed by atoms with van der Waals surface area (Å²) in [5, 5.41) is 7.92. The molecule has 0 aromatic carbocycles. The summed E-state index contributed by atoms with van der Waals surface area (Å²) >= 11 is 3.47. The summed E-state index contributed by atoms with van der Waals surface area (Å²) in [5.74, 6) is 0. The van der Waals surface area contributed by atoms with E-state index >= 15 is 0 Å². The van der Waals surface area contributed by atoms with Gasteiger partial charge in [-0.25, -0.2) is 4.98 Å². The molecule has 18 heavy (non-hydrogen) atoms. The molecule has 1 aliphatic carbocycles. The first kappa shape index (κ1) is 11.7. The molecule has 5 heteroatoms. The van der Waals surface area contributed by atoms with Gasteiger partial charge in [0.25, 0.3) is 0 Å². The second-order valence-electron chi connectivity index (χ2n) is 4.60. The Morgan fingerprint density at radius 1 is 1.50 bits per heavy atom. The van der Waals surface area contributed by atoms with E-state index in [0.717, 1.165) is 23.1 Å². The molecule has 1 unspecified atom stereocenters. The van der Waals surface area contributed by atoms with Gasteiger partial charge in [0.15, 0.2) is 0 Å². The Morgan fingerprint density at radius 2 is 2.39 bits per heavy atom. The minimum absolute atomic E-state index is 0.336. The molecular formula is C13H15BrN4. The normalized spacial score (nSPS) is 18.4. The van der Waals surface area contributed by atoms with Crippen LogP contribution >= 0.6 is 15.9 Å². The van der Waals surface area contributed by atoms with Crippen LogP contribution in [-0.2, 0) is 13.5 Å². The van der Waals surface area contributed by atoms with Crippen molar-refractivity contribution in [1.29, 1.82) is 0 Å². The highest BCUT2D eigenvalue weighted by Gasteiger charge is 2.23. The van der Waals surface area contributed by atoms with Crippen LogP contribution in [0.3, 0.4) is 0 Å². The number of aryl methyl sites for hydroxylation is 1. The SMILES string of the molecule is Cn1ncc2c1CCCC2Nc1cccnc1Br. The van der Waals surface area contributed by atoms with E-state index in [9.17, 15) is 0 Å². The zero-order valence-corrected chi connectivity index (χ0v) is 11.8. The largest absolute Gasteiger partial charge is 0.376 e. The summed E-state index contributed by atoms with van der Waals surface area (Å²) in [7, 11) is 2.02. The van der Waals surface area contributed by atoms with Gasteiger partial charge in [-0.2, -0.15) is 5.10 Å². The van der Waals surface area contributed by atoms with Crippen molar-refractivity contribution in [3.05, 3.63) is 40.4 Å².